The lowest BCUT2D eigenvalue weighted by Crippen LogP contribution is -1.98. The van der Waals surface area contributed by atoms with Crippen molar-refractivity contribution in [3.8, 4) is 5.19 Å². The van der Waals surface area contributed by atoms with Gasteiger partial charge in [-0.25, -0.2) is 4.79 Å². The average Bonchev–Trinajstić information content (AvgIpc) is 2.85. The van der Waals surface area contributed by atoms with Gasteiger partial charge in [0.2, 0.25) is 0 Å². The molecule has 0 fully saturated rings. The fourth-order valence-corrected chi connectivity index (χ4v) is 2.49. The van der Waals surface area contributed by atoms with Gasteiger partial charge in [0.25, 0.3) is 5.19 Å². The first-order chi connectivity index (χ1) is 9.70. The third kappa shape index (κ3) is 3.82. The number of aromatic nitrogens is 1. The van der Waals surface area contributed by atoms with Gasteiger partial charge in [0, 0.05) is 0 Å². The topological polar surface area (TPSA) is 48.4 Å². The molecule has 0 spiro atoms. The van der Waals surface area contributed by atoms with E-state index >= 15 is 0 Å². The van der Waals surface area contributed by atoms with Gasteiger partial charge in [-0.2, -0.15) is 4.98 Å². The van der Waals surface area contributed by atoms with Crippen LogP contribution in [0.4, 0.5) is 0 Å². The molecule has 0 radical (unpaired) electrons. The van der Waals surface area contributed by atoms with Crippen LogP contribution in [0, 0.1) is 0 Å². The lowest BCUT2D eigenvalue weighted by Gasteiger charge is -1.96. The van der Waals surface area contributed by atoms with Crippen LogP contribution in [0.25, 0.3) is 6.08 Å². The number of benzene rings is 1. The molecular formula is C14H12ClNO3S. The maximum Gasteiger partial charge on any atom is 0.351 e. The number of ether oxygens (including phenoxy) is 2. The first-order valence-electron chi connectivity index (χ1n) is 5.79. The number of rotatable bonds is 5. The Morgan fingerprint density at radius 2 is 2.15 bits per heavy atom. The van der Waals surface area contributed by atoms with Gasteiger partial charge in [0.1, 0.15) is 6.61 Å². The quantitative estimate of drug-likeness (QED) is 0.791. The summed E-state index contributed by atoms with van der Waals surface area (Å²) in [7, 11) is 1.29. The van der Waals surface area contributed by atoms with E-state index in [2.05, 4.69) is 9.72 Å². The second kappa shape index (κ2) is 7.07. The van der Waals surface area contributed by atoms with E-state index < -0.39 is 5.97 Å². The summed E-state index contributed by atoms with van der Waals surface area (Å²) in [6.07, 6.45) is 3.80. The summed E-state index contributed by atoms with van der Waals surface area (Å²) in [5.41, 5.74) is 1.09. The molecule has 0 N–H and O–H groups in total. The van der Waals surface area contributed by atoms with Gasteiger partial charge in [-0.05, 0) is 11.6 Å². The minimum absolute atomic E-state index is 0.101. The van der Waals surface area contributed by atoms with E-state index in [1.165, 1.54) is 7.11 Å². The molecule has 1 aromatic carbocycles. The number of nitrogens with zero attached hydrogens (tertiary/aromatic N) is 1. The second-order valence-corrected chi connectivity index (χ2v) is 5.03. The van der Waals surface area contributed by atoms with Crippen LogP contribution in [0.3, 0.4) is 0 Å². The molecule has 0 saturated carbocycles. The van der Waals surface area contributed by atoms with E-state index in [4.69, 9.17) is 16.3 Å². The number of carbonyl (C=O) groups is 1. The molecule has 0 saturated heterocycles. The Bertz CT molecular complexity index is 610. The van der Waals surface area contributed by atoms with Crippen molar-refractivity contribution in [2.45, 2.75) is 0 Å². The molecule has 4 nitrogen and oxygen atoms in total. The van der Waals surface area contributed by atoms with Crippen LogP contribution in [0.2, 0.25) is 5.15 Å². The average molecular weight is 310 g/mol. The lowest BCUT2D eigenvalue weighted by atomic mass is 10.2. The van der Waals surface area contributed by atoms with Crippen molar-refractivity contribution in [1.82, 2.24) is 4.98 Å². The minimum atomic E-state index is -0.512. The molecule has 104 valence electrons. The van der Waals surface area contributed by atoms with Gasteiger partial charge in [0.15, 0.2) is 10.0 Å². The van der Waals surface area contributed by atoms with Crippen molar-refractivity contribution in [3.63, 3.8) is 0 Å². The molecule has 0 amide bonds. The maximum atomic E-state index is 11.4. The number of hydrogen-bond acceptors (Lipinski definition) is 5. The number of halogens is 1. The Labute approximate surface area is 125 Å². The normalized spacial score (nSPS) is 10.7. The Kier molecular flexibility index (Phi) is 5.15. The van der Waals surface area contributed by atoms with E-state index in [-0.39, 0.29) is 10.0 Å². The molecule has 1 aromatic heterocycles. The Morgan fingerprint density at radius 1 is 1.40 bits per heavy atom. The van der Waals surface area contributed by atoms with Crippen LogP contribution in [0.15, 0.2) is 36.4 Å². The van der Waals surface area contributed by atoms with Gasteiger partial charge in [-0.3, -0.25) is 0 Å². The highest BCUT2D eigenvalue weighted by atomic mass is 35.5. The highest BCUT2D eigenvalue weighted by Crippen LogP contribution is 2.29. The predicted molar refractivity (Wildman–Crippen MR) is 79.4 cm³/mol. The SMILES string of the molecule is COC(=O)c1sc(OC/C=C/c2ccccc2)nc1Cl. The predicted octanol–water partition coefficient (Wildman–Crippen LogP) is 3.68. The molecule has 6 heteroatoms. The van der Waals surface area contributed by atoms with Gasteiger partial charge >= 0.3 is 5.97 Å². The third-order valence-corrected chi connectivity index (χ3v) is 3.68. The van der Waals surface area contributed by atoms with Crippen molar-refractivity contribution in [2.24, 2.45) is 0 Å². The minimum Gasteiger partial charge on any atom is -0.466 e. The number of methoxy groups -OCH3 is 1. The molecule has 2 aromatic rings. The lowest BCUT2D eigenvalue weighted by molar-refractivity contribution is 0.0606. The van der Waals surface area contributed by atoms with E-state index in [0.717, 1.165) is 16.9 Å². The van der Waals surface area contributed by atoms with Crippen LogP contribution in [0.5, 0.6) is 5.19 Å². The molecule has 0 aliphatic rings. The van der Waals surface area contributed by atoms with E-state index in [1.807, 2.05) is 42.5 Å². The molecule has 0 unspecified atom stereocenters. The first kappa shape index (κ1) is 14.6. The van der Waals surface area contributed by atoms with Crippen LogP contribution < -0.4 is 4.74 Å². The van der Waals surface area contributed by atoms with Crippen LogP contribution >= 0.6 is 22.9 Å². The zero-order valence-electron chi connectivity index (χ0n) is 10.7. The Morgan fingerprint density at radius 3 is 2.85 bits per heavy atom. The summed E-state index contributed by atoms with van der Waals surface area (Å²) in [6, 6.07) is 9.87. The highest BCUT2D eigenvalue weighted by Gasteiger charge is 2.17. The highest BCUT2D eigenvalue weighted by molar-refractivity contribution is 7.15. The summed E-state index contributed by atoms with van der Waals surface area (Å²) in [4.78, 5) is 15.6. The molecular weight excluding hydrogens is 298 g/mol. The van der Waals surface area contributed by atoms with Gasteiger partial charge < -0.3 is 9.47 Å². The van der Waals surface area contributed by atoms with Crippen molar-refractivity contribution >= 4 is 35.0 Å². The van der Waals surface area contributed by atoms with Crippen LogP contribution in [0.1, 0.15) is 15.2 Å². The largest absolute Gasteiger partial charge is 0.466 e. The number of hydrogen-bond donors (Lipinski definition) is 0. The molecule has 0 aliphatic heterocycles. The van der Waals surface area contributed by atoms with E-state index in [0.29, 0.717) is 11.8 Å². The van der Waals surface area contributed by atoms with Crippen molar-refractivity contribution in [3.05, 3.63) is 52.0 Å². The van der Waals surface area contributed by atoms with Gasteiger partial charge in [0.05, 0.1) is 7.11 Å². The number of esters is 1. The van der Waals surface area contributed by atoms with E-state index in [9.17, 15) is 4.79 Å². The standard InChI is InChI=1S/C14H12ClNO3S/c1-18-13(17)11-12(15)16-14(20-11)19-9-5-8-10-6-3-2-4-7-10/h2-8H,9H2,1H3/b8-5+. The smallest absolute Gasteiger partial charge is 0.351 e. The number of carbonyl (C=O) groups excluding carboxylic acids is 1. The summed E-state index contributed by atoms with van der Waals surface area (Å²) >= 11 is 6.89. The van der Waals surface area contributed by atoms with Gasteiger partial charge in [-0.15, -0.1) is 0 Å². The zero-order valence-corrected chi connectivity index (χ0v) is 12.3. The van der Waals surface area contributed by atoms with Crippen molar-refractivity contribution in [2.75, 3.05) is 13.7 Å². The molecule has 1 heterocycles. The van der Waals surface area contributed by atoms with Gasteiger partial charge in [-0.1, -0.05) is 59.3 Å². The van der Waals surface area contributed by atoms with E-state index in [1.54, 1.807) is 0 Å². The summed E-state index contributed by atoms with van der Waals surface area (Å²) in [5.74, 6) is -0.512. The van der Waals surface area contributed by atoms with Crippen molar-refractivity contribution in [1.29, 1.82) is 0 Å². The third-order valence-electron chi connectivity index (χ3n) is 2.35. The molecule has 0 atom stereocenters. The van der Waals surface area contributed by atoms with Crippen LogP contribution in [-0.2, 0) is 4.74 Å². The zero-order chi connectivity index (χ0) is 14.4. The van der Waals surface area contributed by atoms with Crippen molar-refractivity contribution < 1.29 is 14.3 Å². The summed E-state index contributed by atoms with van der Waals surface area (Å²) in [5, 5.41) is 0.442. The monoisotopic (exact) mass is 309 g/mol. The fourth-order valence-electron chi connectivity index (χ4n) is 1.43. The molecule has 2 rings (SSSR count). The Hall–Kier alpha value is -1.85. The second-order valence-electron chi connectivity index (χ2n) is 3.72. The molecule has 0 aliphatic carbocycles. The number of thiazole rings is 1. The first-order valence-corrected chi connectivity index (χ1v) is 6.99. The molecule has 0 bridgehead atoms. The Balaban J connectivity index is 1.92. The van der Waals surface area contributed by atoms with Crippen LogP contribution in [-0.4, -0.2) is 24.7 Å². The maximum absolute atomic E-state index is 11.4. The fraction of sp³-hybridized carbons (Fsp3) is 0.143. The summed E-state index contributed by atoms with van der Waals surface area (Å²) in [6.45, 7) is 0.347. The molecule has 20 heavy (non-hydrogen) atoms. The summed E-state index contributed by atoms with van der Waals surface area (Å²) < 4.78 is 10.0.